The van der Waals surface area contributed by atoms with E-state index in [0.29, 0.717) is 18.7 Å². The number of hydrogen-bond acceptors (Lipinski definition) is 3. The molecule has 20 heavy (non-hydrogen) atoms. The van der Waals surface area contributed by atoms with Crippen molar-refractivity contribution in [2.45, 2.75) is 32.4 Å². The normalized spacial score (nSPS) is 18.7. The molecule has 3 N–H and O–H groups in total. The van der Waals surface area contributed by atoms with Crippen LogP contribution in [0.4, 0.5) is 0 Å². The Hall–Kier alpha value is -1.88. The molecule has 5 heteroatoms. The Kier molecular flexibility index (Phi) is 4.74. The Morgan fingerprint density at radius 3 is 2.65 bits per heavy atom. The molecule has 0 aromatic heterocycles. The zero-order valence-corrected chi connectivity index (χ0v) is 11.8. The molecule has 1 aliphatic heterocycles. The third-order valence-electron chi connectivity index (χ3n) is 3.49. The first-order valence-electron chi connectivity index (χ1n) is 6.94. The van der Waals surface area contributed by atoms with Crippen LogP contribution < -0.4 is 11.1 Å². The number of nitrogens with two attached hydrogens (primary N) is 1. The lowest BCUT2D eigenvalue weighted by molar-refractivity contribution is -0.119. The summed E-state index contributed by atoms with van der Waals surface area (Å²) in [6, 6.07) is 7.44. The molecule has 0 bridgehead atoms. The second-order valence-electron chi connectivity index (χ2n) is 5.26. The maximum atomic E-state index is 12.3. The van der Waals surface area contributed by atoms with Crippen LogP contribution in [0.2, 0.25) is 0 Å². The second-order valence-corrected chi connectivity index (χ2v) is 5.26. The van der Waals surface area contributed by atoms with Crippen molar-refractivity contribution in [2.75, 3.05) is 13.1 Å². The standard InChI is InChI=1S/C15H21N3O2/c1-11(19)17-9-12-4-6-13(7-5-12)15(20)18-8-2-3-14(16)10-18/h4-7,14H,2-3,8-10,16H2,1H3,(H,17,19)/t14-/m0/s1. The molecule has 2 amide bonds. The third kappa shape index (κ3) is 3.81. The highest BCUT2D eigenvalue weighted by atomic mass is 16.2. The molecule has 0 aliphatic carbocycles. The molecule has 1 aliphatic rings. The van der Waals surface area contributed by atoms with Gasteiger partial charge in [0.25, 0.3) is 5.91 Å². The molecule has 2 rings (SSSR count). The SMILES string of the molecule is CC(=O)NCc1ccc(C(=O)N2CCC[C@H](N)C2)cc1. The Labute approximate surface area is 119 Å². The minimum atomic E-state index is -0.0625. The van der Waals surface area contributed by atoms with Crippen LogP contribution in [0.3, 0.4) is 0 Å². The highest BCUT2D eigenvalue weighted by molar-refractivity contribution is 5.94. The van der Waals surface area contributed by atoms with Crippen LogP contribution in [0.15, 0.2) is 24.3 Å². The summed E-state index contributed by atoms with van der Waals surface area (Å²) in [5.41, 5.74) is 7.55. The molecule has 0 saturated carbocycles. The van der Waals surface area contributed by atoms with Crippen LogP contribution in [-0.4, -0.2) is 35.8 Å². The zero-order valence-electron chi connectivity index (χ0n) is 11.8. The lowest BCUT2D eigenvalue weighted by atomic mass is 10.0. The van der Waals surface area contributed by atoms with Crippen molar-refractivity contribution in [1.82, 2.24) is 10.2 Å². The third-order valence-corrected chi connectivity index (χ3v) is 3.49. The summed E-state index contributed by atoms with van der Waals surface area (Å²) < 4.78 is 0. The highest BCUT2D eigenvalue weighted by Crippen LogP contribution is 2.13. The van der Waals surface area contributed by atoms with Gasteiger partial charge in [0.1, 0.15) is 0 Å². The molecule has 1 saturated heterocycles. The van der Waals surface area contributed by atoms with Crippen molar-refractivity contribution < 1.29 is 9.59 Å². The van der Waals surface area contributed by atoms with Crippen molar-refractivity contribution >= 4 is 11.8 Å². The molecule has 5 nitrogen and oxygen atoms in total. The monoisotopic (exact) mass is 275 g/mol. The van der Waals surface area contributed by atoms with E-state index >= 15 is 0 Å². The average Bonchev–Trinajstić information content (AvgIpc) is 2.45. The lowest BCUT2D eigenvalue weighted by Gasteiger charge is -2.30. The predicted molar refractivity (Wildman–Crippen MR) is 77.1 cm³/mol. The first-order valence-corrected chi connectivity index (χ1v) is 6.94. The molecule has 1 aromatic carbocycles. The number of nitrogens with zero attached hydrogens (tertiary/aromatic N) is 1. The van der Waals surface area contributed by atoms with E-state index in [2.05, 4.69) is 5.32 Å². The molecule has 1 fully saturated rings. The van der Waals surface area contributed by atoms with E-state index in [1.54, 1.807) is 12.1 Å². The van der Waals surface area contributed by atoms with Crippen molar-refractivity contribution in [3.05, 3.63) is 35.4 Å². The number of likely N-dealkylation sites (tertiary alicyclic amines) is 1. The number of amides is 2. The van der Waals surface area contributed by atoms with Crippen LogP contribution in [0.25, 0.3) is 0 Å². The van der Waals surface area contributed by atoms with Gasteiger partial charge in [-0.1, -0.05) is 12.1 Å². The van der Waals surface area contributed by atoms with Gasteiger partial charge < -0.3 is 16.0 Å². The second kappa shape index (κ2) is 6.52. The van der Waals surface area contributed by atoms with E-state index in [1.165, 1.54) is 6.92 Å². The van der Waals surface area contributed by atoms with Crippen LogP contribution in [0.1, 0.15) is 35.7 Å². The van der Waals surface area contributed by atoms with Crippen LogP contribution in [0.5, 0.6) is 0 Å². The van der Waals surface area contributed by atoms with Gasteiger partial charge in [-0.15, -0.1) is 0 Å². The number of carbonyl (C=O) groups excluding carboxylic acids is 2. The highest BCUT2D eigenvalue weighted by Gasteiger charge is 2.22. The topological polar surface area (TPSA) is 75.4 Å². The summed E-state index contributed by atoms with van der Waals surface area (Å²) >= 11 is 0. The number of piperidine rings is 1. The van der Waals surface area contributed by atoms with Crippen LogP contribution in [0, 0.1) is 0 Å². The number of hydrogen-bond donors (Lipinski definition) is 2. The van der Waals surface area contributed by atoms with Crippen molar-refractivity contribution in [3.63, 3.8) is 0 Å². The first kappa shape index (κ1) is 14.5. The van der Waals surface area contributed by atoms with Crippen molar-refractivity contribution in [1.29, 1.82) is 0 Å². The molecule has 1 atom stereocenters. The molecule has 0 spiro atoms. The quantitative estimate of drug-likeness (QED) is 0.860. The summed E-state index contributed by atoms with van der Waals surface area (Å²) in [6.07, 6.45) is 1.95. The first-order chi connectivity index (χ1) is 9.56. The van der Waals surface area contributed by atoms with Gasteiger partial charge in [0.05, 0.1) is 0 Å². The smallest absolute Gasteiger partial charge is 0.253 e. The maximum absolute atomic E-state index is 12.3. The molecular weight excluding hydrogens is 254 g/mol. The van der Waals surface area contributed by atoms with Gasteiger partial charge in [0, 0.05) is 38.2 Å². The summed E-state index contributed by atoms with van der Waals surface area (Å²) in [4.78, 5) is 25.0. The van der Waals surface area contributed by atoms with Gasteiger partial charge in [-0.2, -0.15) is 0 Å². The Bertz CT molecular complexity index is 484. The van der Waals surface area contributed by atoms with Gasteiger partial charge in [-0.05, 0) is 30.5 Å². The van der Waals surface area contributed by atoms with E-state index in [1.807, 2.05) is 17.0 Å². The predicted octanol–water partition coefficient (Wildman–Crippen LogP) is 0.886. The largest absolute Gasteiger partial charge is 0.352 e. The van der Waals surface area contributed by atoms with Crippen LogP contribution in [-0.2, 0) is 11.3 Å². The maximum Gasteiger partial charge on any atom is 0.253 e. The fourth-order valence-electron chi connectivity index (χ4n) is 2.37. The number of carbonyl (C=O) groups is 2. The molecule has 1 heterocycles. The minimum Gasteiger partial charge on any atom is -0.352 e. The summed E-state index contributed by atoms with van der Waals surface area (Å²) in [5, 5.41) is 2.73. The summed E-state index contributed by atoms with van der Waals surface area (Å²) in [5.74, 6) is -0.0290. The average molecular weight is 275 g/mol. The van der Waals surface area contributed by atoms with Crippen molar-refractivity contribution in [3.8, 4) is 0 Å². The van der Waals surface area contributed by atoms with Gasteiger partial charge in [-0.3, -0.25) is 9.59 Å². The van der Waals surface area contributed by atoms with Gasteiger partial charge in [0.2, 0.25) is 5.91 Å². The summed E-state index contributed by atoms with van der Waals surface area (Å²) in [6.45, 7) is 3.38. The van der Waals surface area contributed by atoms with Gasteiger partial charge >= 0.3 is 0 Å². The van der Waals surface area contributed by atoms with E-state index in [-0.39, 0.29) is 17.9 Å². The van der Waals surface area contributed by atoms with E-state index in [9.17, 15) is 9.59 Å². The Morgan fingerprint density at radius 2 is 2.05 bits per heavy atom. The number of benzene rings is 1. The van der Waals surface area contributed by atoms with Gasteiger partial charge in [-0.25, -0.2) is 0 Å². The molecule has 0 unspecified atom stereocenters. The van der Waals surface area contributed by atoms with Gasteiger partial charge in [0.15, 0.2) is 0 Å². The molecule has 1 aromatic rings. The Morgan fingerprint density at radius 1 is 1.35 bits per heavy atom. The Balaban J connectivity index is 1.98. The minimum absolute atomic E-state index is 0.0335. The molecular formula is C15H21N3O2. The fraction of sp³-hybridized carbons (Fsp3) is 0.467. The van der Waals surface area contributed by atoms with E-state index in [0.717, 1.165) is 24.9 Å². The van der Waals surface area contributed by atoms with Crippen LogP contribution >= 0.6 is 0 Å². The lowest BCUT2D eigenvalue weighted by Crippen LogP contribution is -2.45. The number of rotatable bonds is 3. The molecule has 108 valence electrons. The van der Waals surface area contributed by atoms with E-state index in [4.69, 9.17) is 5.73 Å². The summed E-state index contributed by atoms with van der Waals surface area (Å²) in [7, 11) is 0. The molecule has 0 radical (unpaired) electrons. The van der Waals surface area contributed by atoms with Crippen molar-refractivity contribution in [2.24, 2.45) is 5.73 Å². The number of nitrogens with one attached hydrogen (secondary N) is 1. The van der Waals surface area contributed by atoms with E-state index < -0.39 is 0 Å². The zero-order chi connectivity index (χ0) is 14.5. The fourth-order valence-corrected chi connectivity index (χ4v) is 2.37.